The largest absolute Gasteiger partial charge is 0.490 e. The minimum atomic E-state index is -5.08. The lowest BCUT2D eigenvalue weighted by Gasteiger charge is -2.31. The zero-order chi connectivity index (χ0) is 29.4. The molecule has 1 amide bonds. The van der Waals surface area contributed by atoms with Crippen LogP contribution in [0, 0.1) is 11.3 Å². The van der Waals surface area contributed by atoms with Gasteiger partial charge in [0.2, 0.25) is 5.91 Å². The van der Waals surface area contributed by atoms with Crippen molar-refractivity contribution in [1.82, 2.24) is 19.8 Å². The Balaban J connectivity index is 0.000000317. The van der Waals surface area contributed by atoms with Crippen molar-refractivity contribution in [1.29, 1.82) is 0 Å². The predicted octanol–water partition coefficient (Wildman–Crippen LogP) is 2.91. The monoisotopic (exact) mass is 586 g/mol. The number of alkyl halides is 6. The van der Waals surface area contributed by atoms with Crippen LogP contribution < -0.4 is 0 Å². The molecule has 0 radical (unpaired) electrons. The lowest BCUT2D eigenvalue weighted by molar-refractivity contribution is -0.193. The first-order valence-electron chi connectivity index (χ1n) is 11.0. The standard InChI is InChI=1S/C18H22N4O2S.2C2HF3O2/c1-21(9-15-4-2-3-5-19-15)17(23)18-12-22(8-14(18)11-24-13-18)10-16-20-6-7-25-16;2*3-2(4,5)1(6)7/h2-7,14H,8-13H2,1H3;2*(H,6,7)/t14-,18-;;/m1../s1. The number of amides is 1. The molecule has 0 aromatic carbocycles. The summed E-state index contributed by atoms with van der Waals surface area (Å²) in [5.41, 5.74) is 0.476. The van der Waals surface area contributed by atoms with Gasteiger partial charge in [-0.2, -0.15) is 26.3 Å². The number of halogens is 6. The maximum atomic E-state index is 13.3. The van der Waals surface area contributed by atoms with Crippen LogP contribution in [0.3, 0.4) is 0 Å². The second-order valence-electron chi connectivity index (χ2n) is 8.55. The number of aromatic nitrogens is 2. The predicted molar refractivity (Wildman–Crippen MR) is 122 cm³/mol. The number of nitrogens with zero attached hydrogens (tertiary/aromatic N) is 4. The fourth-order valence-corrected chi connectivity index (χ4v) is 4.63. The van der Waals surface area contributed by atoms with Gasteiger partial charge in [0.1, 0.15) is 5.01 Å². The molecule has 0 spiro atoms. The molecule has 2 N–H and O–H groups in total. The lowest BCUT2D eigenvalue weighted by Crippen LogP contribution is -2.47. The third kappa shape index (κ3) is 9.14. The Morgan fingerprint density at radius 2 is 1.72 bits per heavy atom. The number of hydrogen-bond donors (Lipinski definition) is 2. The van der Waals surface area contributed by atoms with Gasteiger partial charge >= 0.3 is 24.3 Å². The summed E-state index contributed by atoms with van der Waals surface area (Å²) in [5.74, 6) is -5.09. The van der Waals surface area contributed by atoms with Crippen LogP contribution in [-0.2, 0) is 32.2 Å². The topological polar surface area (TPSA) is 133 Å². The number of ether oxygens (including phenoxy) is 1. The molecule has 17 heteroatoms. The highest BCUT2D eigenvalue weighted by molar-refractivity contribution is 7.09. The zero-order valence-electron chi connectivity index (χ0n) is 20.3. The van der Waals surface area contributed by atoms with E-state index in [-0.39, 0.29) is 11.8 Å². The minimum absolute atomic E-state index is 0.169. The van der Waals surface area contributed by atoms with E-state index in [1.807, 2.05) is 36.8 Å². The van der Waals surface area contributed by atoms with Crippen LogP contribution in [0.15, 0.2) is 36.0 Å². The van der Waals surface area contributed by atoms with E-state index in [0.717, 1.165) is 30.3 Å². The molecular weight excluding hydrogens is 562 g/mol. The van der Waals surface area contributed by atoms with Crippen LogP contribution in [0.1, 0.15) is 10.7 Å². The summed E-state index contributed by atoms with van der Waals surface area (Å²) < 4.78 is 69.2. The summed E-state index contributed by atoms with van der Waals surface area (Å²) in [6.07, 6.45) is -6.57. The van der Waals surface area contributed by atoms with Gasteiger partial charge in [-0.15, -0.1) is 11.3 Å². The molecule has 0 unspecified atom stereocenters. The Bertz CT molecular complexity index is 1080. The lowest BCUT2D eigenvalue weighted by atomic mass is 9.79. The van der Waals surface area contributed by atoms with E-state index in [9.17, 15) is 31.1 Å². The maximum absolute atomic E-state index is 13.3. The quantitative estimate of drug-likeness (QED) is 0.508. The Hall–Kier alpha value is -3.31. The Morgan fingerprint density at radius 1 is 1.10 bits per heavy atom. The number of carboxylic acid groups (broad SMARTS) is 2. The Morgan fingerprint density at radius 3 is 2.21 bits per heavy atom. The molecule has 2 aromatic rings. The molecule has 2 aliphatic heterocycles. The number of carboxylic acids is 2. The van der Waals surface area contributed by atoms with E-state index in [2.05, 4.69) is 14.9 Å². The van der Waals surface area contributed by atoms with Gasteiger partial charge in [-0.05, 0) is 12.1 Å². The van der Waals surface area contributed by atoms with Crippen LogP contribution >= 0.6 is 11.3 Å². The van der Waals surface area contributed by atoms with Crippen molar-refractivity contribution in [2.75, 3.05) is 33.4 Å². The van der Waals surface area contributed by atoms with E-state index in [4.69, 9.17) is 24.5 Å². The van der Waals surface area contributed by atoms with E-state index in [1.54, 1.807) is 22.4 Å². The number of thiazole rings is 1. The highest BCUT2D eigenvalue weighted by atomic mass is 32.1. The van der Waals surface area contributed by atoms with Crippen molar-refractivity contribution in [3.8, 4) is 0 Å². The summed E-state index contributed by atoms with van der Waals surface area (Å²) in [7, 11) is 1.87. The van der Waals surface area contributed by atoms with Crippen molar-refractivity contribution < 1.29 is 55.7 Å². The number of carbonyl (C=O) groups is 3. The number of aliphatic carboxylic acids is 2. The van der Waals surface area contributed by atoms with Crippen LogP contribution in [-0.4, -0.2) is 93.5 Å². The summed E-state index contributed by atoms with van der Waals surface area (Å²) in [4.78, 5) is 43.9. The van der Waals surface area contributed by atoms with Crippen LogP contribution in [0.4, 0.5) is 26.3 Å². The van der Waals surface area contributed by atoms with Crippen LogP contribution in [0.25, 0.3) is 0 Å². The summed E-state index contributed by atoms with van der Waals surface area (Å²) in [6, 6.07) is 5.79. The first-order chi connectivity index (χ1) is 18.1. The van der Waals surface area contributed by atoms with E-state index < -0.39 is 29.7 Å². The molecule has 0 bridgehead atoms. The minimum Gasteiger partial charge on any atom is -0.475 e. The van der Waals surface area contributed by atoms with Gasteiger partial charge < -0.3 is 19.8 Å². The van der Waals surface area contributed by atoms with Gasteiger partial charge in [-0.25, -0.2) is 14.6 Å². The molecule has 2 aliphatic rings. The fourth-order valence-electron chi connectivity index (χ4n) is 3.97. The number of likely N-dealkylation sites (tertiary alicyclic amines) is 1. The molecule has 2 saturated heterocycles. The first kappa shape index (κ1) is 31.9. The molecule has 216 valence electrons. The third-order valence-corrected chi connectivity index (χ3v) is 6.43. The molecule has 39 heavy (non-hydrogen) atoms. The molecule has 2 aromatic heterocycles. The SMILES string of the molecule is CN(Cc1ccccn1)C(=O)[C@]12COC[C@H]1CN(Cc1nccs1)C2.O=C(O)C(F)(F)F.O=C(O)C(F)(F)F. The molecule has 2 fully saturated rings. The molecule has 10 nitrogen and oxygen atoms in total. The Labute approximate surface area is 221 Å². The molecular formula is C22H24F6N4O6S. The average molecular weight is 587 g/mol. The normalized spacial score (nSPS) is 20.6. The zero-order valence-corrected chi connectivity index (χ0v) is 21.1. The smallest absolute Gasteiger partial charge is 0.475 e. The maximum Gasteiger partial charge on any atom is 0.490 e. The molecule has 4 rings (SSSR count). The summed E-state index contributed by atoms with van der Waals surface area (Å²) >= 11 is 1.67. The first-order valence-corrected chi connectivity index (χ1v) is 11.9. The van der Waals surface area contributed by atoms with Gasteiger partial charge in [0.05, 0.1) is 37.4 Å². The number of rotatable bonds is 5. The van der Waals surface area contributed by atoms with Gasteiger partial charge in [-0.1, -0.05) is 6.07 Å². The fraction of sp³-hybridized carbons (Fsp3) is 0.500. The van der Waals surface area contributed by atoms with Crippen LogP contribution in [0.2, 0.25) is 0 Å². The highest BCUT2D eigenvalue weighted by Gasteiger charge is 2.56. The molecule has 4 heterocycles. The molecule has 0 saturated carbocycles. The Kier molecular flexibility index (Phi) is 10.8. The highest BCUT2D eigenvalue weighted by Crippen LogP contribution is 2.43. The average Bonchev–Trinajstić information content (AvgIpc) is 3.56. The van der Waals surface area contributed by atoms with Gasteiger partial charge in [0.25, 0.3) is 0 Å². The third-order valence-electron chi connectivity index (χ3n) is 5.67. The van der Waals surface area contributed by atoms with Crippen molar-refractivity contribution >= 4 is 29.2 Å². The number of carbonyl (C=O) groups excluding carboxylic acids is 1. The van der Waals surface area contributed by atoms with Gasteiger partial charge in [-0.3, -0.25) is 14.7 Å². The summed E-state index contributed by atoms with van der Waals surface area (Å²) in [6.45, 7) is 4.15. The second kappa shape index (κ2) is 13.2. The van der Waals surface area contributed by atoms with E-state index >= 15 is 0 Å². The molecule has 0 aliphatic carbocycles. The van der Waals surface area contributed by atoms with Crippen molar-refractivity contribution in [2.45, 2.75) is 25.4 Å². The number of hydrogen-bond acceptors (Lipinski definition) is 8. The van der Waals surface area contributed by atoms with Crippen LogP contribution in [0.5, 0.6) is 0 Å². The van der Waals surface area contributed by atoms with Crippen molar-refractivity contribution in [2.24, 2.45) is 11.3 Å². The van der Waals surface area contributed by atoms with Crippen molar-refractivity contribution in [3.63, 3.8) is 0 Å². The molecule has 2 atom stereocenters. The van der Waals surface area contributed by atoms with E-state index in [0.29, 0.717) is 19.8 Å². The number of pyridine rings is 1. The van der Waals surface area contributed by atoms with Crippen molar-refractivity contribution in [3.05, 3.63) is 46.7 Å². The second-order valence-corrected chi connectivity index (χ2v) is 9.53. The van der Waals surface area contributed by atoms with E-state index in [1.165, 1.54) is 0 Å². The summed E-state index contributed by atoms with van der Waals surface area (Å²) in [5, 5.41) is 17.3. The number of fused-ring (bicyclic) bond motifs is 1. The van der Waals surface area contributed by atoms with Gasteiger partial charge in [0.15, 0.2) is 0 Å². The van der Waals surface area contributed by atoms with Gasteiger partial charge in [0, 0.05) is 43.8 Å².